The van der Waals surface area contributed by atoms with Gasteiger partial charge >= 0.3 is 0 Å². The first kappa shape index (κ1) is 19.9. The smallest absolute Gasteiger partial charge is 0.165 e. The molecule has 0 heterocycles. The summed E-state index contributed by atoms with van der Waals surface area (Å²) in [6, 6.07) is 16.8. The van der Waals surface area contributed by atoms with Crippen LogP contribution in [0.15, 0.2) is 60.7 Å². The Balaban J connectivity index is 1.95. The summed E-state index contributed by atoms with van der Waals surface area (Å²) in [6.07, 6.45) is 0. The number of halogens is 2. The lowest BCUT2D eigenvalue weighted by Crippen LogP contribution is -2.21. The summed E-state index contributed by atoms with van der Waals surface area (Å²) >= 11 is 0. The Morgan fingerprint density at radius 2 is 0.821 bits per heavy atom. The van der Waals surface area contributed by atoms with Crippen molar-refractivity contribution in [3.05, 3.63) is 94.6 Å². The molecule has 2 nitrogen and oxygen atoms in total. The molecule has 0 aliphatic rings. The fraction of sp³-hybridized carbons (Fsp3) is 0.250. The van der Waals surface area contributed by atoms with Gasteiger partial charge in [-0.05, 0) is 46.5 Å². The van der Waals surface area contributed by atoms with Gasteiger partial charge in [0.2, 0.25) is 0 Å². The summed E-state index contributed by atoms with van der Waals surface area (Å²) in [7, 11) is 0. The van der Waals surface area contributed by atoms with Crippen LogP contribution in [0.5, 0.6) is 11.5 Å². The summed E-state index contributed by atoms with van der Waals surface area (Å²) in [5, 5.41) is 18.9. The lowest BCUT2D eigenvalue weighted by Gasteiger charge is -2.29. The molecule has 0 saturated heterocycles. The SMILES string of the molecule is CC(C)(c1ccc(C(C)(C)c2ccc(O)c(F)c2)cc1)c1ccc(O)c(F)c1. The molecule has 4 heteroatoms. The standard InChI is InChI=1S/C24H24F2O2/c1-23(2,17-9-11-21(27)19(25)13-17)15-5-7-16(8-6-15)24(3,4)18-10-12-22(28)20(26)14-18/h5-14,27-28H,1-4H3. The highest BCUT2D eigenvalue weighted by molar-refractivity contribution is 5.45. The zero-order valence-electron chi connectivity index (χ0n) is 16.4. The van der Waals surface area contributed by atoms with Gasteiger partial charge in [0.25, 0.3) is 0 Å². The lowest BCUT2D eigenvalue weighted by molar-refractivity contribution is 0.430. The molecule has 0 fully saturated rings. The Kier molecular flexibility index (Phi) is 4.92. The van der Waals surface area contributed by atoms with Crippen molar-refractivity contribution >= 4 is 0 Å². The molecule has 0 aliphatic heterocycles. The summed E-state index contributed by atoms with van der Waals surface area (Å²) in [6.45, 7) is 7.98. The average molecular weight is 382 g/mol. The van der Waals surface area contributed by atoms with E-state index in [2.05, 4.69) is 0 Å². The van der Waals surface area contributed by atoms with Crippen molar-refractivity contribution in [1.29, 1.82) is 0 Å². The van der Waals surface area contributed by atoms with Crippen molar-refractivity contribution in [2.75, 3.05) is 0 Å². The maximum Gasteiger partial charge on any atom is 0.165 e. The van der Waals surface area contributed by atoms with Crippen molar-refractivity contribution < 1.29 is 19.0 Å². The van der Waals surface area contributed by atoms with Gasteiger partial charge in [0, 0.05) is 10.8 Å². The van der Waals surface area contributed by atoms with Crippen LogP contribution in [-0.4, -0.2) is 10.2 Å². The molecule has 0 aliphatic carbocycles. The third-order valence-electron chi connectivity index (χ3n) is 5.67. The Morgan fingerprint density at radius 3 is 1.11 bits per heavy atom. The molecular formula is C24H24F2O2. The first-order chi connectivity index (χ1) is 13.0. The van der Waals surface area contributed by atoms with E-state index in [0.29, 0.717) is 0 Å². The monoisotopic (exact) mass is 382 g/mol. The minimum atomic E-state index is -0.641. The van der Waals surface area contributed by atoms with E-state index < -0.39 is 22.5 Å². The molecule has 0 unspecified atom stereocenters. The maximum absolute atomic E-state index is 13.8. The van der Waals surface area contributed by atoms with Crippen LogP contribution in [0.2, 0.25) is 0 Å². The largest absolute Gasteiger partial charge is 0.505 e. The van der Waals surface area contributed by atoms with Crippen molar-refractivity contribution in [2.45, 2.75) is 38.5 Å². The minimum absolute atomic E-state index is 0.363. The summed E-state index contributed by atoms with van der Waals surface area (Å²) < 4.78 is 27.6. The van der Waals surface area contributed by atoms with Crippen LogP contribution in [0, 0.1) is 11.6 Å². The molecule has 3 rings (SSSR count). The fourth-order valence-corrected chi connectivity index (χ4v) is 3.43. The molecule has 2 N–H and O–H groups in total. The highest BCUT2D eigenvalue weighted by atomic mass is 19.1. The average Bonchev–Trinajstić information content (AvgIpc) is 2.66. The second kappa shape index (κ2) is 6.93. The van der Waals surface area contributed by atoms with Crippen LogP contribution in [-0.2, 0) is 10.8 Å². The number of aromatic hydroxyl groups is 2. The summed E-state index contributed by atoms with van der Waals surface area (Å²) in [5.74, 6) is -2.01. The van der Waals surface area contributed by atoms with E-state index in [4.69, 9.17) is 0 Å². The van der Waals surface area contributed by atoms with Gasteiger partial charge in [-0.2, -0.15) is 0 Å². The van der Waals surface area contributed by atoms with Crippen LogP contribution in [0.4, 0.5) is 8.78 Å². The van der Waals surface area contributed by atoms with E-state index in [1.807, 2.05) is 52.0 Å². The highest BCUT2D eigenvalue weighted by Crippen LogP contribution is 2.37. The number of benzene rings is 3. The molecule has 3 aromatic rings. The van der Waals surface area contributed by atoms with E-state index in [1.165, 1.54) is 24.3 Å². The van der Waals surface area contributed by atoms with Crippen molar-refractivity contribution in [3.8, 4) is 11.5 Å². The van der Waals surface area contributed by atoms with E-state index in [0.717, 1.165) is 22.3 Å². The first-order valence-corrected chi connectivity index (χ1v) is 9.12. The van der Waals surface area contributed by atoms with Gasteiger partial charge in [0.15, 0.2) is 23.1 Å². The Bertz CT molecular complexity index is 923. The first-order valence-electron chi connectivity index (χ1n) is 9.12. The quantitative estimate of drug-likeness (QED) is 0.578. The van der Waals surface area contributed by atoms with Gasteiger partial charge in [-0.1, -0.05) is 64.1 Å². The number of hydrogen-bond donors (Lipinski definition) is 2. The molecule has 0 atom stereocenters. The van der Waals surface area contributed by atoms with Gasteiger partial charge in [0.05, 0.1) is 0 Å². The zero-order valence-corrected chi connectivity index (χ0v) is 16.4. The van der Waals surface area contributed by atoms with Gasteiger partial charge in [-0.3, -0.25) is 0 Å². The predicted molar refractivity (Wildman–Crippen MR) is 107 cm³/mol. The number of rotatable bonds is 4. The van der Waals surface area contributed by atoms with Gasteiger partial charge in [0.1, 0.15) is 0 Å². The van der Waals surface area contributed by atoms with Crippen molar-refractivity contribution in [1.82, 2.24) is 0 Å². The van der Waals surface area contributed by atoms with E-state index in [9.17, 15) is 19.0 Å². The second-order valence-electron chi connectivity index (χ2n) is 8.16. The Morgan fingerprint density at radius 1 is 0.536 bits per heavy atom. The fourth-order valence-electron chi connectivity index (χ4n) is 3.43. The lowest BCUT2D eigenvalue weighted by atomic mass is 9.74. The maximum atomic E-state index is 13.8. The number of phenols is 2. The predicted octanol–water partition coefficient (Wildman–Crippen LogP) is 6.03. The second-order valence-corrected chi connectivity index (χ2v) is 8.16. The topological polar surface area (TPSA) is 40.5 Å². The molecule has 28 heavy (non-hydrogen) atoms. The van der Waals surface area contributed by atoms with Crippen LogP contribution in [0.1, 0.15) is 49.9 Å². The molecule has 0 amide bonds. The van der Waals surface area contributed by atoms with Crippen LogP contribution < -0.4 is 0 Å². The number of phenolic OH excluding ortho intramolecular Hbond substituents is 2. The molecule has 146 valence electrons. The molecular weight excluding hydrogens is 358 g/mol. The third-order valence-corrected chi connectivity index (χ3v) is 5.67. The third kappa shape index (κ3) is 3.47. The van der Waals surface area contributed by atoms with Crippen LogP contribution in [0.25, 0.3) is 0 Å². The zero-order chi connectivity index (χ0) is 20.7. The Hall–Kier alpha value is -2.88. The Labute approximate surface area is 164 Å². The molecule has 0 spiro atoms. The van der Waals surface area contributed by atoms with Crippen molar-refractivity contribution in [2.24, 2.45) is 0 Å². The normalized spacial score (nSPS) is 12.2. The molecule has 0 aromatic heterocycles. The molecule has 0 bridgehead atoms. The molecule has 0 saturated carbocycles. The molecule has 3 aromatic carbocycles. The van der Waals surface area contributed by atoms with E-state index in [1.54, 1.807) is 12.1 Å². The summed E-state index contributed by atoms with van der Waals surface area (Å²) in [4.78, 5) is 0. The minimum Gasteiger partial charge on any atom is -0.505 e. The van der Waals surface area contributed by atoms with Gasteiger partial charge in [-0.25, -0.2) is 8.78 Å². The highest BCUT2D eigenvalue weighted by Gasteiger charge is 2.27. The van der Waals surface area contributed by atoms with Crippen LogP contribution in [0.3, 0.4) is 0 Å². The summed E-state index contributed by atoms with van der Waals surface area (Å²) in [5.41, 5.74) is 2.60. The van der Waals surface area contributed by atoms with E-state index >= 15 is 0 Å². The van der Waals surface area contributed by atoms with Crippen LogP contribution >= 0.6 is 0 Å². The van der Waals surface area contributed by atoms with Gasteiger partial charge < -0.3 is 10.2 Å². The number of hydrogen-bond acceptors (Lipinski definition) is 2. The molecule has 0 radical (unpaired) electrons. The van der Waals surface area contributed by atoms with E-state index in [-0.39, 0.29) is 11.5 Å². The van der Waals surface area contributed by atoms with Crippen molar-refractivity contribution in [3.63, 3.8) is 0 Å². The van der Waals surface area contributed by atoms with Gasteiger partial charge in [-0.15, -0.1) is 0 Å².